The van der Waals surface area contributed by atoms with Crippen molar-refractivity contribution >= 4 is 17.7 Å². The number of carbonyl (C=O) groups is 1. The Kier molecular flexibility index (Phi) is 4.10. The first-order chi connectivity index (χ1) is 8.89. The van der Waals surface area contributed by atoms with E-state index in [4.69, 9.17) is 0 Å². The molecule has 3 nitrogen and oxygen atoms in total. The van der Waals surface area contributed by atoms with E-state index in [9.17, 15) is 18.7 Å². The lowest BCUT2D eigenvalue weighted by atomic mass is 10.1. The summed E-state index contributed by atoms with van der Waals surface area (Å²) in [7, 11) is 0. The minimum absolute atomic E-state index is 0.236. The molecule has 1 aromatic carbocycles. The molecule has 1 atom stereocenters. The number of likely N-dealkylation sites (tertiary alicyclic amines) is 1. The number of β-amino-alcohol motifs (C(OH)–C–C–N with tert-alkyl or cyclic N) is 1. The van der Waals surface area contributed by atoms with Crippen LogP contribution >= 0.6 is 11.8 Å². The van der Waals surface area contributed by atoms with Gasteiger partial charge in [0.2, 0.25) is 0 Å². The van der Waals surface area contributed by atoms with Crippen molar-refractivity contribution in [2.75, 3.05) is 13.1 Å². The maximum Gasteiger partial charge on any atom is 0.288 e. The summed E-state index contributed by atoms with van der Waals surface area (Å²) in [6, 6.07) is 6.33. The van der Waals surface area contributed by atoms with Gasteiger partial charge in [-0.2, -0.15) is 8.78 Å². The average Bonchev–Trinajstić information content (AvgIpc) is 2.69. The minimum atomic E-state index is -2.56. The average molecular weight is 287 g/mol. The fraction of sp³-hybridized carbons (Fsp3) is 0.462. The largest absolute Gasteiger partial charge is 0.388 e. The Morgan fingerprint density at radius 2 is 2.16 bits per heavy atom. The van der Waals surface area contributed by atoms with Crippen LogP contribution in [0.3, 0.4) is 0 Å². The van der Waals surface area contributed by atoms with E-state index < -0.39 is 11.4 Å². The first-order valence-electron chi connectivity index (χ1n) is 5.94. The molecule has 1 aliphatic rings. The van der Waals surface area contributed by atoms with Gasteiger partial charge in [0.1, 0.15) is 0 Å². The zero-order chi connectivity index (χ0) is 14.0. The fourth-order valence-electron chi connectivity index (χ4n) is 2.13. The molecule has 0 aromatic heterocycles. The fourth-order valence-corrected chi connectivity index (χ4v) is 2.76. The van der Waals surface area contributed by atoms with E-state index in [1.807, 2.05) is 0 Å². The first-order valence-corrected chi connectivity index (χ1v) is 6.82. The Hall–Kier alpha value is -1.14. The standard InChI is InChI=1S/C13H15F2NO2S/c1-13(18)6-7-16(8-13)11(17)9-4-2-3-5-10(9)19-12(14)15/h2-5,12,18H,6-8H2,1H3. The van der Waals surface area contributed by atoms with Crippen molar-refractivity contribution in [3.8, 4) is 0 Å². The molecule has 1 aliphatic heterocycles. The number of alkyl halides is 2. The van der Waals surface area contributed by atoms with Crippen LogP contribution in [0.15, 0.2) is 29.2 Å². The Balaban J connectivity index is 2.20. The van der Waals surface area contributed by atoms with Gasteiger partial charge < -0.3 is 10.0 Å². The summed E-state index contributed by atoms with van der Waals surface area (Å²) in [5.74, 6) is -2.86. The monoisotopic (exact) mass is 287 g/mol. The zero-order valence-electron chi connectivity index (χ0n) is 10.5. The van der Waals surface area contributed by atoms with Crippen molar-refractivity contribution in [2.24, 2.45) is 0 Å². The molecule has 2 rings (SSSR count). The van der Waals surface area contributed by atoms with Gasteiger partial charge in [-0.3, -0.25) is 4.79 Å². The van der Waals surface area contributed by atoms with Crippen LogP contribution in [0.5, 0.6) is 0 Å². The van der Waals surface area contributed by atoms with Gasteiger partial charge >= 0.3 is 0 Å². The van der Waals surface area contributed by atoms with E-state index in [1.165, 1.54) is 11.0 Å². The highest BCUT2D eigenvalue weighted by molar-refractivity contribution is 7.99. The van der Waals surface area contributed by atoms with Crippen LogP contribution in [-0.4, -0.2) is 40.4 Å². The molecule has 6 heteroatoms. The van der Waals surface area contributed by atoms with Crippen molar-refractivity contribution in [1.82, 2.24) is 4.90 Å². The summed E-state index contributed by atoms with van der Waals surface area (Å²) < 4.78 is 24.9. The smallest absolute Gasteiger partial charge is 0.288 e. The van der Waals surface area contributed by atoms with Gasteiger partial charge in [0.15, 0.2) is 0 Å². The van der Waals surface area contributed by atoms with Crippen molar-refractivity contribution in [2.45, 2.75) is 29.6 Å². The third kappa shape index (κ3) is 3.45. The second-order valence-corrected chi connectivity index (χ2v) is 5.88. The lowest BCUT2D eigenvalue weighted by Crippen LogP contribution is -2.34. The van der Waals surface area contributed by atoms with Crippen molar-refractivity contribution in [3.05, 3.63) is 29.8 Å². The van der Waals surface area contributed by atoms with Crippen LogP contribution in [-0.2, 0) is 0 Å². The van der Waals surface area contributed by atoms with Gasteiger partial charge in [-0.15, -0.1) is 0 Å². The molecule has 1 unspecified atom stereocenters. The summed E-state index contributed by atoms with van der Waals surface area (Å²) in [6.45, 7) is 2.35. The predicted octanol–water partition coefficient (Wildman–Crippen LogP) is 2.60. The molecule has 1 fully saturated rings. The third-order valence-corrected chi connectivity index (χ3v) is 3.86. The van der Waals surface area contributed by atoms with Crippen LogP contribution in [0, 0.1) is 0 Å². The number of benzene rings is 1. The Labute approximate surface area is 114 Å². The van der Waals surface area contributed by atoms with Crippen molar-refractivity contribution in [1.29, 1.82) is 0 Å². The topological polar surface area (TPSA) is 40.5 Å². The molecule has 0 aliphatic carbocycles. The van der Waals surface area contributed by atoms with Gasteiger partial charge in [-0.1, -0.05) is 23.9 Å². The van der Waals surface area contributed by atoms with Gasteiger partial charge in [0.25, 0.3) is 11.7 Å². The third-order valence-electron chi connectivity index (χ3n) is 3.07. The maximum atomic E-state index is 12.5. The quantitative estimate of drug-likeness (QED) is 0.869. The first kappa shape index (κ1) is 14.3. The molecule has 1 saturated heterocycles. The molecule has 0 bridgehead atoms. The van der Waals surface area contributed by atoms with Crippen LogP contribution in [0.25, 0.3) is 0 Å². The summed E-state index contributed by atoms with van der Waals surface area (Å²) in [4.78, 5) is 14.1. The van der Waals surface area contributed by atoms with Crippen molar-refractivity contribution < 1.29 is 18.7 Å². The number of thioether (sulfide) groups is 1. The van der Waals surface area contributed by atoms with E-state index in [-0.39, 0.29) is 22.9 Å². The highest BCUT2D eigenvalue weighted by Gasteiger charge is 2.35. The summed E-state index contributed by atoms with van der Waals surface area (Å²) in [5.41, 5.74) is -0.619. The van der Waals surface area contributed by atoms with Crippen LogP contribution in [0.1, 0.15) is 23.7 Å². The van der Waals surface area contributed by atoms with Gasteiger partial charge in [-0.05, 0) is 25.5 Å². The molecule has 0 saturated carbocycles. The van der Waals surface area contributed by atoms with Crippen LogP contribution < -0.4 is 0 Å². The van der Waals surface area contributed by atoms with Crippen molar-refractivity contribution in [3.63, 3.8) is 0 Å². The number of aliphatic hydroxyl groups is 1. The highest BCUT2D eigenvalue weighted by Crippen LogP contribution is 2.30. The lowest BCUT2D eigenvalue weighted by molar-refractivity contribution is 0.0570. The molecule has 1 N–H and O–H groups in total. The molecule has 19 heavy (non-hydrogen) atoms. The Morgan fingerprint density at radius 3 is 2.74 bits per heavy atom. The number of carbonyl (C=O) groups excluding carboxylic acids is 1. The van der Waals surface area contributed by atoms with Gasteiger partial charge in [0, 0.05) is 18.0 Å². The number of amides is 1. The van der Waals surface area contributed by atoms with Gasteiger partial charge in [0.05, 0.1) is 11.2 Å². The van der Waals surface area contributed by atoms with E-state index in [0.717, 1.165) is 0 Å². The van der Waals surface area contributed by atoms with E-state index >= 15 is 0 Å². The Morgan fingerprint density at radius 1 is 1.47 bits per heavy atom. The predicted molar refractivity (Wildman–Crippen MR) is 69.4 cm³/mol. The lowest BCUT2D eigenvalue weighted by Gasteiger charge is -2.20. The summed E-state index contributed by atoms with van der Waals surface area (Å²) >= 11 is 0.369. The minimum Gasteiger partial charge on any atom is -0.388 e. The molecule has 1 heterocycles. The normalized spacial score (nSPS) is 23.1. The molecule has 104 valence electrons. The number of rotatable bonds is 3. The highest BCUT2D eigenvalue weighted by atomic mass is 32.2. The molecule has 1 aromatic rings. The number of halogens is 2. The van der Waals surface area contributed by atoms with Gasteiger partial charge in [-0.25, -0.2) is 0 Å². The SMILES string of the molecule is CC1(O)CCN(C(=O)c2ccccc2SC(F)F)C1. The maximum absolute atomic E-state index is 12.5. The molecule has 0 spiro atoms. The summed E-state index contributed by atoms with van der Waals surface area (Å²) in [6.07, 6.45) is 0.503. The second kappa shape index (κ2) is 5.46. The van der Waals surface area contributed by atoms with Crippen LogP contribution in [0.2, 0.25) is 0 Å². The number of nitrogens with zero attached hydrogens (tertiary/aromatic N) is 1. The zero-order valence-corrected chi connectivity index (χ0v) is 11.3. The molecular formula is C13H15F2NO2S. The van der Waals surface area contributed by atoms with E-state index in [0.29, 0.717) is 24.7 Å². The number of hydrogen-bond acceptors (Lipinski definition) is 3. The molecule has 1 amide bonds. The molecule has 0 radical (unpaired) electrons. The van der Waals surface area contributed by atoms with E-state index in [2.05, 4.69) is 0 Å². The summed E-state index contributed by atoms with van der Waals surface area (Å²) in [5, 5.41) is 9.86. The second-order valence-electron chi connectivity index (χ2n) is 4.85. The van der Waals surface area contributed by atoms with Crippen LogP contribution in [0.4, 0.5) is 8.78 Å². The molecular weight excluding hydrogens is 272 g/mol. The number of hydrogen-bond donors (Lipinski definition) is 1. The Bertz CT molecular complexity index is 479. The van der Waals surface area contributed by atoms with E-state index in [1.54, 1.807) is 25.1 Å².